The van der Waals surface area contributed by atoms with Crippen LogP contribution in [0.3, 0.4) is 0 Å². The third kappa shape index (κ3) is 4.13. The van der Waals surface area contributed by atoms with Gasteiger partial charge in [0.2, 0.25) is 11.8 Å². The molecule has 0 bridgehead atoms. The van der Waals surface area contributed by atoms with Gasteiger partial charge in [-0.15, -0.1) is 11.8 Å². The van der Waals surface area contributed by atoms with Gasteiger partial charge in [-0.05, 0) is 24.7 Å². The van der Waals surface area contributed by atoms with Crippen LogP contribution in [-0.2, 0) is 9.59 Å². The average molecular weight is 284 g/mol. The molecule has 0 aromatic carbocycles. The lowest BCUT2D eigenvalue weighted by Gasteiger charge is -2.27. The second-order valence-corrected chi connectivity index (χ2v) is 6.92. The second kappa shape index (κ2) is 6.64. The zero-order chi connectivity index (χ0) is 13.7. The van der Waals surface area contributed by atoms with Crippen LogP contribution in [0.15, 0.2) is 0 Å². The molecule has 0 aromatic heterocycles. The minimum absolute atomic E-state index is 0.173. The van der Waals surface area contributed by atoms with Crippen molar-refractivity contribution < 1.29 is 9.59 Å². The first kappa shape index (κ1) is 14.7. The summed E-state index contributed by atoms with van der Waals surface area (Å²) in [6, 6.07) is 0. The van der Waals surface area contributed by atoms with E-state index in [2.05, 4.69) is 0 Å². The number of carbonyl (C=O) groups excluding carboxylic acids is 2. The predicted octanol–water partition coefficient (Wildman–Crippen LogP) is 1.78. The molecular weight excluding hydrogens is 260 g/mol. The first-order valence-corrected chi connectivity index (χ1v) is 8.41. The van der Waals surface area contributed by atoms with E-state index in [1.807, 2.05) is 4.90 Å². The van der Waals surface area contributed by atoms with E-state index in [1.165, 1.54) is 56.7 Å². The Morgan fingerprint density at radius 2 is 1.74 bits per heavy atom. The zero-order valence-electron chi connectivity index (χ0n) is 11.5. The van der Waals surface area contributed by atoms with Crippen molar-refractivity contribution in [3.63, 3.8) is 0 Å². The molecule has 0 radical (unpaired) electrons. The van der Waals surface area contributed by atoms with Crippen LogP contribution < -0.4 is 5.73 Å². The molecule has 1 saturated carbocycles. The first-order chi connectivity index (χ1) is 9.11. The van der Waals surface area contributed by atoms with E-state index in [9.17, 15) is 9.59 Å². The van der Waals surface area contributed by atoms with Crippen molar-refractivity contribution in [2.45, 2.75) is 44.9 Å². The molecule has 4 nitrogen and oxygen atoms in total. The summed E-state index contributed by atoms with van der Waals surface area (Å²) < 4.78 is 0. The molecule has 0 unspecified atom stereocenters. The minimum Gasteiger partial charge on any atom is -0.369 e. The number of thioether (sulfide) groups is 1. The van der Waals surface area contributed by atoms with Gasteiger partial charge in [-0.2, -0.15) is 0 Å². The van der Waals surface area contributed by atoms with Gasteiger partial charge in [0.25, 0.3) is 0 Å². The summed E-state index contributed by atoms with van der Waals surface area (Å²) in [6.45, 7) is 1.83. The lowest BCUT2D eigenvalue weighted by atomic mass is 9.80. The van der Waals surface area contributed by atoms with Gasteiger partial charge in [0.15, 0.2) is 0 Å². The molecule has 2 aliphatic rings. The lowest BCUT2D eigenvalue weighted by Crippen LogP contribution is -2.33. The van der Waals surface area contributed by atoms with E-state index in [1.54, 1.807) is 0 Å². The smallest absolute Gasteiger partial charge is 0.232 e. The van der Waals surface area contributed by atoms with Gasteiger partial charge >= 0.3 is 0 Å². The Labute approximate surface area is 119 Å². The van der Waals surface area contributed by atoms with Crippen LogP contribution in [0.25, 0.3) is 0 Å². The predicted molar refractivity (Wildman–Crippen MR) is 77.9 cm³/mol. The van der Waals surface area contributed by atoms with E-state index in [0.29, 0.717) is 11.2 Å². The van der Waals surface area contributed by atoms with E-state index in [0.717, 1.165) is 13.1 Å². The Kier molecular flexibility index (Phi) is 5.13. The number of carbonyl (C=O) groups is 2. The molecule has 2 fully saturated rings. The normalized spacial score (nSPS) is 22.4. The largest absolute Gasteiger partial charge is 0.369 e. The molecule has 1 spiro atoms. The third-order valence-corrected chi connectivity index (χ3v) is 5.36. The van der Waals surface area contributed by atoms with Crippen LogP contribution in [0.2, 0.25) is 0 Å². The number of hydrogen-bond acceptors (Lipinski definition) is 3. The number of rotatable bonds is 4. The average Bonchev–Trinajstić information content (AvgIpc) is 2.63. The number of nitrogens with two attached hydrogens (primary N) is 1. The quantitative estimate of drug-likeness (QED) is 0.856. The Hall–Kier alpha value is -0.710. The van der Waals surface area contributed by atoms with Crippen molar-refractivity contribution in [3.05, 3.63) is 0 Å². The zero-order valence-corrected chi connectivity index (χ0v) is 12.3. The molecule has 1 heterocycles. The molecular formula is C14H24N2O2S. The molecule has 2 amide bonds. The molecule has 2 rings (SSSR count). The Morgan fingerprint density at radius 3 is 2.37 bits per heavy atom. The van der Waals surface area contributed by atoms with Gasteiger partial charge in [0.05, 0.1) is 11.5 Å². The molecule has 2 N–H and O–H groups in total. The van der Waals surface area contributed by atoms with Crippen molar-refractivity contribution in [2.75, 3.05) is 24.6 Å². The lowest BCUT2D eigenvalue weighted by molar-refractivity contribution is -0.127. The van der Waals surface area contributed by atoms with Crippen LogP contribution >= 0.6 is 11.8 Å². The molecule has 1 saturated heterocycles. The van der Waals surface area contributed by atoms with Gasteiger partial charge in [-0.1, -0.05) is 25.7 Å². The molecule has 19 heavy (non-hydrogen) atoms. The maximum Gasteiger partial charge on any atom is 0.232 e. The van der Waals surface area contributed by atoms with Gasteiger partial charge in [-0.3, -0.25) is 9.59 Å². The molecule has 0 atom stereocenters. The van der Waals surface area contributed by atoms with Crippen molar-refractivity contribution in [2.24, 2.45) is 11.1 Å². The third-order valence-electron chi connectivity index (χ3n) is 4.43. The SMILES string of the molecule is NC(=O)CSCC(=O)N1CCC2(CCCCCC2)C1. The van der Waals surface area contributed by atoms with Crippen molar-refractivity contribution >= 4 is 23.6 Å². The molecule has 1 aliphatic carbocycles. The summed E-state index contributed by atoms with van der Waals surface area (Å²) in [5, 5.41) is 0. The van der Waals surface area contributed by atoms with Crippen LogP contribution in [0.1, 0.15) is 44.9 Å². The van der Waals surface area contributed by atoms with Gasteiger partial charge in [0, 0.05) is 13.1 Å². The van der Waals surface area contributed by atoms with Crippen molar-refractivity contribution in [1.29, 1.82) is 0 Å². The van der Waals surface area contributed by atoms with Crippen molar-refractivity contribution in [1.82, 2.24) is 4.90 Å². The summed E-state index contributed by atoms with van der Waals surface area (Å²) >= 11 is 1.33. The Balaban J connectivity index is 1.80. The first-order valence-electron chi connectivity index (χ1n) is 7.25. The van der Waals surface area contributed by atoms with E-state index >= 15 is 0 Å². The summed E-state index contributed by atoms with van der Waals surface area (Å²) in [4.78, 5) is 24.7. The molecule has 0 aromatic rings. The fraction of sp³-hybridized carbons (Fsp3) is 0.857. The number of primary amides is 1. The maximum absolute atomic E-state index is 12.1. The highest BCUT2D eigenvalue weighted by atomic mass is 32.2. The van der Waals surface area contributed by atoms with E-state index in [-0.39, 0.29) is 17.6 Å². The van der Waals surface area contributed by atoms with Crippen molar-refractivity contribution in [3.8, 4) is 0 Å². The topological polar surface area (TPSA) is 63.4 Å². The van der Waals surface area contributed by atoms with Gasteiger partial charge in [0.1, 0.15) is 0 Å². The van der Waals surface area contributed by atoms with Crippen LogP contribution in [0.4, 0.5) is 0 Å². The minimum atomic E-state index is -0.348. The Morgan fingerprint density at radius 1 is 1.05 bits per heavy atom. The van der Waals surface area contributed by atoms with Crippen LogP contribution in [0.5, 0.6) is 0 Å². The standard InChI is InChI=1S/C14H24N2O2S/c15-12(17)9-19-10-13(18)16-8-7-14(11-16)5-3-1-2-4-6-14/h1-11H2,(H2,15,17). The highest BCUT2D eigenvalue weighted by Gasteiger charge is 2.39. The summed E-state index contributed by atoms with van der Waals surface area (Å²) in [6.07, 6.45) is 9.07. The summed E-state index contributed by atoms with van der Waals surface area (Å²) in [7, 11) is 0. The fourth-order valence-corrected chi connectivity index (χ4v) is 4.03. The summed E-state index contributed by atoms with van der Waals surface area (Å²) in [5.41, 5.74) is 5.48. The monoisotopic (exact) mass is 284 g/mol. The molecule has 5 heteroatoms. The summed E-state index contributed by atoms with van der Waals surface area (Å²) in [5.74, 6) is 0.454. The highest BCUT2D eigenvalue weighted by molar-refractivity contribution is 8.00. The van der Waals surface area contributed by atoms with E-state index < -0.39 is 0 Å². The molecule has 1 aliphatic heterocycles. The fourth-order valence-electron chi connectivity index (χ4n) is 3.36. The number of amides is 2. The second-order valence-electron chi connectivity index (χ2n) is 5.94. The number of hydrogen-bond donors (Lipinski definition) is 1. The number of likely N-dealkylation sites (tertiary alicyclic amines) is 1. The maximum atomic E-state index is 12.1. The van der Waals surface area contributed by atoms with Gasteiger partial charge in [-0.25, -0.2) is 0 Å². The Bertz CT molecular complexity index is 338. The molecule has 108 valence electrons. The van der Waals surface area contributed by atoms with Crippen LogP contribution in [0, 0.1) is 5.41 Å². The van der Waals surface area contributed by atoms with E-state index in [4.69, 9.17) is 5.73 Å². The highest BCUT2D eigenvalue weighted by Crippen LogP contribution is 2.42. The number of nitrogens with zero attached hydrogens (tertiary/aromatic N) is 1. The van der Waals surface area contributed by atoms with Gasteiger partial charge < -0.3 is 10.6 Å². The van der Waals surface area contributed by atoms with Crippen LogP contribution in [-0.4, -0.2) is 41.3 Å².